The van der Waals surface area contributed by atoms with Gasteiger partial charge in [0.2, 0.25) is 11.5 Å². The molecule has 8 nitrogen and oxygen atoms in total. The Hall–Kier alpha value is -2.88. The van der Waals surface area contributed by atoms with Crippen molar-refractivity contribution in [2.45, 2.75) is 56.6 Å². The molecule has 2 atom stereocenters. The smallest absolute Gasteiger partial charge is 0.264 e. The van der Waals surface area contributed by atoms with Crippen molar-refractivity contribution in [3.05, 3.63) is 46.4 Å². The zero-order chi connectivity index (χ0) is 22.6. The van der Waals surface area contributed by atoms with Crippen LogP contribution < -0.4 is 11.3 Å². The van der Waals surface area contributed by atoms with Gasteiger partial charge in [-0.3, -0.25) is 19.9 Å². The molecule has 3 rings (SSSR count). The zero-order valence-corrected chi connectivity index (χ0v) is 17.3. The molecule has 2 aliphatic rings. The monoisotopic (exact) mass is 439 g/mol. The van der Waals surface area contributed by atoms with Gasteiger partial charge in [-0.25, -0.2) is 8.78 Å². The van der Waals surface area contributed by atoms with Gasteiger partial charge in [0.1, 0.15) is 11.9 Å². The van der Waals surface area contributed by atoms with Gasteiger partial charge in [0.15, 0.2) is 0 Å². The van der Waals surface area contributed by atoms with Crippen molar-refractivity contribution in [3.8, 4) is 0 Å². The molecule has 1 saturated carbocycles. The summed E-state index contributed by atoms with van der Waals surface area (Å²) >= 11 is 0. The van der Waals surface area contributed by atoms with Crippen LogP contribution >= 0.6 is 0 Å². The summed E-state index contributed by atoms with van der Waals surface area (Å²) in [5.41, 5.74) is 5.70. The van der Waals surface area contributed by atoms with Crippen molar-refractivity contribution >= 4 is 17.6 Å². The average molecular weight is 440 g/mol. The molecular formula is C21H31F2N5O3. The molecule has 0 spiro atoms. The van der Waals surface area contributed by atoms with E-state index in [4.69, 9.17) is 15.9 Å². The van der Waals surface area contributed by atoms with Gasteiger partial charge in [0.05, 0.1) is 12.0 Å². The fourth-order valence-corrected chi connectivity index (χ4v) is 3.55. The van der Waals surface area contributed by atoms with E-state index in [1.807, 2.05) is 0 Å². The van der Waals surface area contributed by atoms with E-state index in [0.29, 0.717) is 5.56 Å². The second-order valence-electron chi connectivity index (χ2n) is 7.96. The second kappa shape index (κ2) is 9.51. The first-order chi connectivity index (χ1) is 14.7. The van der Waals surface area contributed by atoms with E-state index in [0.717, 1.165) is 19.3 Å². The minimum absolute atomic E-state index is 0. The number of nitrogens with one attached hydrogen (secondary N) is 2. The van der Waals surface area contributed by atoms with Gasteiger partial charge in [-0.1, -0.05) is 6.07 Å². The number of likely N-dealkylation sites (tertiary alicyclic amines) is 1. The number of pyridine rings is 1. The summed E-state index contributed by atoms with van der Waals surface area (Å²) in [7, 11) is 0. The highest BCUT2D eigenvalue weighted by Gasteiger charge is 2.46. The number of carbonyl (C=O) groups is 1. The van der Waals surface area contributed by atoms with Crippen LogP contribution in [0.15, 0.2) is 40.3 Å². The number of ether oxygens (including phenoxy) is 1. The third-order valence-corrected chi connectivity index (χ3v) is 5.77. The van der Waals surface area contributed by atoms with Crippen LogP contribution in [0.5, 0.6) is 0 Å². The number of amidine groups is 1. The number of carbonyl (C=O) groups excluding carboxylic acids is 1. The van der Waals surface area contributed by atoms with Gasteiger partial charge < -0.3 is 15.5 Å². The number of aromatic nitrogens is 1. The van der Waals surface area contributed by atoms with Crippen LogP contribution in [0.4, 0.5) is 8.78 Å². The van der Waals surface area contributed by atoms with E-state index in [2.05, 4.69) is 9.98 Å². The Bertz CT molecular complexity index is 930. The Morgan fingerprint density at radius 1 is 1.45 bits per heavy atom. The Kier molecular flexibility index (Phi) is 6.99. The van der Waals surface area contributed by atoms with Gasteiger partial charge in [-0.05, 0) is 37.8 Å². The summed E-state index contributed by atoms with van der Waals surface area (Å²) in [5, 5.41) is 7.73. The maximum absolute atomic E-state index is 14.5. The summed E-state index contributed by atoms with van der Waals surface area (Å²) in [6.07, 6.45) is 6.52. The lowest BCUT2D eigenvalue weighted by atomic mass is 9.87. The first-order valence-electron chi connectivity index (χ1n) is 10.3. The lowest BCUT2D eigenvalue weighted by molar-refractivity contribution is -0.127. The Morgan fingerprint density at radius 3 is 2.81 bits per heavy atom. The first kappa shape index (κ1) is 22.8. The SMILES string of the molecule is C[C@@H](C(=O)N=C(N)/C=C\C(=N)OC1CCC1)N1CCC(F)(F)[C@@H](c2ccc(=O)[nH]c2)C1.[HH].[HH]. The van der Waals surface area contributed by atoms with Gasteiger partial charge in [-0.15, -0.1) is 0 Å². The molecule has 0 radical (unpaired) electrons. The van der Waals surface area contributed by atoms with Crippen molar-refractivity contribution in [2.75, 3.05) is 13.1 Å². The van der Waals surface area contributed by atoms with E-state index < -0.39 is 30.2 Å². The number of piperidine rings is 1. The summed E-state index contributed by atoms with van der Waals surface area (Å²) in [5.74, 6) is -4.80. The average Bonchev–Trinajstić information content (AvgIpc) is 2.69. The Morgan fingerprint density at radius 2 is 2.19 bits per heavy atom. The summed E-state index contributed by atoms with van der Waals surface area (Å²) in [6.45, 7) is 1.57. The van der Waals surface area contributed by atoms with Crippen LogP contribution in [0.3, 0.4) is 0 Å². The minimum atomic E-state index is -2.96. The lowest BCUT2D eigenvalue weighted by Crippen LogP contribution is -2.51. The van der Waals surface area contributed by atoms with Crippen LogP contribution in [0.1, 0.15) is 46.9 Å². The third-order valence-electron chi connectivity index (χ3n) is 5.77. The predicted molar refractivity (Wildman–Crippen MR) is 117 cm³/mol. The van der Waals surface area contributed by atoms with Crippen molar-refractivity contribution in [1.82, 2.24) is 9.88 Å². The van der Waals surface area contributed by atoms with Crippen molar-refractivity contribution in [1.29, 1.82) is 5.41 Å². The number of rotatable bonds is 6. The largest absolute Gasteiger partial charge is 0.475 e. The lowest BCUT2D eigenvalue weighted by Gasteiger charge is -2.40. The number of aliphatic imine (C=N–C) groups is 1. The molecule has 4 N–H and O–H groups in total. The molecule has 1 aromatic rings. The molecule has 0 aromatic carbocycles. The standard InChI is InChI=1S/C21H27F2N5O3.2H2/c1-13(20(30)27-17(24)6-7-18(25)31-15-3-2-4-15)28-10-9-21(22,23)16(12-28)14-5-8-19(29)26-11-14;;/h5-8,11,13,15-16,25H,2-4,9-10,12H2,1H3,(H,26,29)(H2,24,27,30);2*1H/b7-6-,25-18?;;/t13-,16+;;/m0../s1. The molecule has 0 bridgehead atoms. The maximum atomic E-state index is 14.5. The molecule has 1 saturated heterocycles. The number of alkyl halides is 2. The number of amides is 1. The number of halogens is 2. The highest BCUT2D eigenvalue weighted by molar-refractivity contribution is 6.04. The molecule has 1 amide bonds. The molecule has 31 heavy (non-hydrogen) atoms. The fraction of sp³-hybridized carbons (Fsp3) is 0.524. The van der Waals surface area contributed by atoms with E-state index in [1.54, 1.807) is 11.8 Å². The predicted octanol–water partition coefficient (Wildman–Crippen LogP) is 2.67. The molecule has 2 heterocycles. The number of aromatic amines is 1. The molecule has 1 aliphatic carbocycles. The minimum Gasteiger partial charge on any atom is -0.475 e. The number of H-pyrrole nitrogens is 1. The van der Waals surface area contributed by atoms with Crippen LogP contribution in [0.25, 0.3) is 0 Å². The number of nitrogens with two attached hydrogens (primary N) is 1. The van der Waals surface area contributed by atoms with E-state index >= 15 is 0 Å². The number of nitrogens with zero attached hydrogens (tertiary/aromatic N) is 2. The van der Waals surface area contributed by atoms with Gasteiger partial charge in [-0.2, -0.15) is 4.99 Å². The Balaban J connectivity index is 0.00000272. The van der Waals surface area contributed by atoms with E-state index in [1.165, 1.54) is 30.5 Å². The van der Waals surface area contributed by atoms with Crippen molar-refractivity contribution < 1.29 is 21.2 Å². The van der Waals surface area contributed by atoms with Crippen LogP contribution in [-0.4, -0.2) is 58.7 Å². The van der Waals surface area contributed by atoms with Gasteiger partial charge in [0.25, 0.3) is 11.8 Å². The van der Waals surface area contributed by atoms with E-state index in [-0.39, 0.29) is 39.3 Å². The summed E-state index contributed by atoms with van der Waals surface area (Å²) < 4.78 is 34.4. The normalized spacial score (nSPS) is 23.3. The quantitative estimate of drug-likeness (QED) is 0.464. The van der Waals surface area contributed by atoms with Crippen LogP contribution in [0, 0.1) is 5.41 Å². The summed E-state index contributed by atoms with van der Waals surface area (Å²) in [4.78, 5) is 31.6. The topological polar surface area (TPSA) is 125 Å². The van der Waals surface area contributed by atoms with Gasteiger partial charge in [0, 0.05) is 40.7 Å². The highest BCUT2D eigenvalue weighted by Crippen LogP contribution is 2.40. The van der Waals surface area contributed by atoms with E-state index in [9.17, 15) is 18.4 Å². The van der Waals surface area contributed by atoms with Crippen molar-refractivity contribution in [2.24, 2.45) is 10.7 Å². The number of hydrogen-bond donors (Lipinski definition) is 3. The molecular weight excluding hydrogens is 408 g/mol. The van der Waals surface area contributed by atoms with Gasteiger partial charge >= 0.3 is 0 Å². The van der Waals surface area contributed by atoms with Crippen LogP contribution in [-0.2, 0) is 9.53 Å². The molecule has 1 aromatic heterocycles. The zero-order valence-electron chi connectivity index (χ0n) is 17.3. The fourth-order valence-electron chi connectivity index (χ4n) is 3.55. The number of hydrogen-bond acceptors (Lipinski definition) is 5. The second-order valence-corrected chi connectivity index (χ2v) is 7.96. The Labute approximate surface area is 181 Å². The summed E-state index contributed by atoms with van der Waals surface area (Å²) in [6, 6.07) is 1.84. The molecule has 172 valence electrons. The molecule has 2 fully saturated rings. The van der Waals surface area contributed by atoms with Crippen molar-refractivity contribution in [3.63, 3.8) is 0 Å². The first-order valence-corrected chi connectivity index (χ1v) is 10.3. The third kappa shape index (κ3) is 5.84. The maximum Gasteiger partial charge on any atom is 0.264 e. The highest BCUT2D eigenvalue weighted by atomic mass is 19.3. The van der Waals surface area contributed by atoms with Crippen LogP contribution in [0.2, 0.25) is 0 Å². The molecule has 0 unspecified atom stereocenters. The molecule has 1 aliphatic heterocycles. The molecule has 10 heteroatoms.